The maximum atomic E-state index is 11.7. The van der Waals surface area contributed by atoms with Crippen molar-refractivity contribution in [2.45, 2.75) is 60.5 Å². The monoisotopic (exact) mass is 452 g/mol. The van der Waals surface area contributed by atoms with Gasteiger partial charge in [0, 0.05) is 13.2 Å². The van der Waals surface area contributed by atoms with Crippen LogP contribution < -0.4 is 0 Å². The standard InChI is InChI=1S/C13H14O2.C11H12O.C4H10O.CH4/c1-3-15-13(14)12-6-4-5-10-9(2)7-8-11(10)12;1-8-5-6-11-9(7-12)3-2-4-10(8)11;1-3-5-4-2;/h4-9H,3H2,1-2H3;2-6,8,12H,7H2,1H3;3-4H2,1-2H3;1H4. The number of rotatable bonds is 5. The van der Waals surface area contributed by atoms with Crippen molar-refractivity contribution in [3.8, 4) is 0 Å². The third-order valence-electron chi connectivity index (χ3n) is 5.53. The second kappa shape index (κ2) is 14.5. The molecule has 0 aliphatic heterocycles. The first kappa shape index (κ1) is 28.3. The van der Waals surface area contributed by atoms with E-state index in [1.165, 1.54) is 16.7 Å². The van der Waals surface area contributed by atoms with Crippen molar-refractivity contribution in [1.82, 2.24) is 0 Å². The number of fused-ring (bicyclic) bond motifs is 2. The second-order valence-corrected chi connectivity index (χ2v) is 7.68. The maximum Gasteiger partial charge on any atom is 0.338 e. The van der Waals surface area contributed by atoms with Crippen molar-refractivity contribution in [3.63, 3.8) is 0 Å². The normalized spacial score (nSPS) is 16.4. The fourth-order valence-corrected chi connectivity index (χ4v) is 3.82. The quantitative estimate of drug-likeness (QED) is 0.497. The van der Waals surface area contributed by atoms with E-state index in [4.69, 9.17) is 14.6 Å². The van der Waals surface area contributed by atoms with Crippen molar-refractivity contribution < 1.29 is 19.4 Å². The third kappa shape index (κ3) is 7.41. The molecule has 0 bridgehead atoms. The molecule has 2 aliphatic rings. The molecule has 2 atom stereocenters. The molecule has 0 spiro atoms. The minimum atomic E-state index is -0.229. The maximum absolute atomic E-state index is 11.7. The summed E-state index contributed by atoms with van der Waals surface area (Å²) in [5.74, 6) is 0.675. The summed E-state index contributed by atoms with van der Waals surface area (Å²) in [5, 5.41) is 9.05. The molecule has 2 aliphatic carbocycles. The number of hydrogen-bond acceptors (Lipinski definition) is 4. The van der Waals surface area contributed by atoms with Crippen molar-refractivity contribution in [1.29, 1.82) is 0 Å². The Morgan fingerprint density at radius 3 is 1.91 bits per heavy atom. The van der Waals surface area contributed by atoms with E-state index >= 15 is 0 Å². The number of carbonyl (C=O) groups excluding carboxylic acids is 1. The first-order valence-corrected chi connectivity index (χ1v) is 11.4. The minimum Gasteiger partial charge on any atom is -0.462 e. The van der Waals surface area contributed by atoms with E-state index in [0.717, 1.165) is 24.3 Å². The molecule has 33 heavy (non-hydrogen) atoms. The fraction of sp³-hybridized carbons (Fsp3) is 0.414. The number of benzene rings is 2. The molecule has 2 aromatic rings. The van der Waals surface area contributed by atoms with Crippen LogP contribution in [-0.2, 0) is 16.1 Å². The Morgan fingerprint density at radius 2 is 1.39 bits per heavy atom. The average Bonchev–Trinajstić information content (AvgIpc) is 3.38. The lowest BCUT2D eigenvalue weighted by molar-refractivity contribution is 0.0526. The fourth-order valence-electron chi connectivity index (χ4n) is 3.82. The molecular formula is C29H40O4. The van der Waals surface area contributed by atoms with Crippen molar-refractivity contribution in [2.24, 2.45) is 0 Å². The van der Waals surface area contributed by atoms with Crippen molar-refractivity contribution in [2.75, 3.05) is 19.8 Å². The van der Waals surface area contributed by atoms with Gasteiger partial charge in [-0.05, 0) is 66.5 Å². The predicted octanol–water partition coefficient (Wildman–Crippen LogP) is 6.98. The van der Waals surface area contributed by atoms with E-state index in [0.29, 0.717) is 24.0 Å². The van der Waals surface area contributed by atoms with Crippen LogP contribution in [0.3, 0.4) is 0 Å². The van der Waals surface area contributed by atoms with Gasteiger partial charge >= 0.3 is 5.97 Å². The molecule has 0 radical (unpaired) electrons. The van der Waals surface area contributed by atoms with Crippen LogP contribution in [0.25, 0.3) is 12.2 Å². The van der Waals surface area contributed by atoms with Gasteiger partial charge in [-0.15, -0.1) is 0 Å². The Kier molecular flexibility index (Phi) is 12.4. The summed E-state index contributed by atoms with van der Waals surface area (Å²) in [7, 11) is 0. The van der Waals surface area contributed by atoms with E-state index in [9.17, 15) is 4.79 Å². The Bertz CT molecular complexity index is 941. The summed E-state index contributed by atoms with van der Waals surface area (Å²) in [6, 6.07) is 11.9. The van der Waals surface area contributed by atoms with Crippen LogP contribution in [0, 0.1) is 0 Å². The number of hydrogen-bond donors (Lipinski definition) is 1. The smallest absolute Gasteiger partial charge is 0.338 e. The van der Waals surface area contributed by atoms with Gasteiger partial charge < -0.3 is 14.6 Å². The SMILES string of the molecule is C.CC1C=Cc2c(CO)cccc21.CCOC(=O)c1cccc2c1C=CC2C.CCOCC. The lowest BCUT2D eigenvalue weighted by atomic mass is 9.99. The Hall–Kier alpha value is -2.69. The van der Waals surface area contributed by atoms with E-state index < -0.39 is 0 Å². The molecule has 2 unspecified atom stereocenters. The lowest BCUT2D eigenvalue weighted by Crippen LogP contribution is -2.07. The molecule has 0 fully saturated rings. The topological polar surface area (TPSA) is 55.8 Å². The summed E-state index contributed by atoms with van der Waals surface area (Å²) in [6.45, 7) is 12.3. The van der Waals surface area contributed by atoms with Crippen molar-refractivity contribution >= 4 is 18.1 Å². The number of aliphatic hydroxyl groups is 1. The van der Waals surface area contributed by atoms with Crippen LogP contribution >= 0.6 is 0 Å². The molecular weight excluding hydrogens is 412 g/mol. The average molecular weight is 453 g/mol. The highest BCUT2D eigenvalue weighted by Crippen LogP contribution is 2.32. The zero-order chi connectivity index (χ0) is 23.5. The van der Waals surface area contributed by atoms with Crippen LogP contribution in [0.5, 0.6) is 0 Å². The molecule has 1 N–H and O–H groups in total. The van der Waals surface area contributed by atoms with E-state index in [2.05, 4.69) is 44.2 Å². The van der Waals surface area contributed by atoms with Crippen LogP contribution in [0.1, 0.15) is 92.1 Å². The number of allylic oxidation sites excluding steroid dienone is 2. The van der Waals surface area contributed by atoms with Gasteiger partial charge in [-0.25, -0.2) is 4.79 Å². The molecule has 4 nitrogen and oxygen atoms in total. The predicted molar refractivity (Wildman–Crippen MR) is 139 cm³/mol. The zero-order valence-corrected chi connectivity index (χ0v) is 19.9. The third-order valence-corrected chi connectivity index (χ3v) is 5.53. The van der Waals surface area contributed by atoms with Crippen LogP contribution in [0.2, 0.25) is 0 Å². The summed E-state index contributed by atoms with van der Waals surface area (Å²) < 4.78 is 9.85. The summed E-state index contributed by atoms with van der Waals surface area (Å²) >= 11 is 0. The van der Waals surface area contributed by atoms with Crippen molar-refractivity contribution in [3.05, 3.63) is 81.9 Å². The largest absolute Gasteiger partial charge is 0.462 e. The molecule has 0 saturated heterocycles. The van der Waals surface area contributed by atoms with Gasteiger partial charge in [0.15, 0.2) is 0 Å². The first-order chi connectivity index (χ1) is 15.5. The van der Waals surface area contributed by atoms with Crippen LogP contribution in [0.15, 0.2) is 48.6 Å². The van der Waals surface area contributed by atoms with Gasteiger partial charge in [0.05, 0.1) is 18.8 Å². The lowest BCUT2D eigenvalue weighted by Gasteiger charge is -2.08. The van der Waals surface area contributed by atoms with Crippen LogP contribution in [0.4, 0.5) is 0 Å². The number of ether oxygens (including phenoxy) is 2. The van der Waals surface area contributed by atoms with Gasteiger partial charge in [-0.3, -0.25) is 0 Å². The highest BCUT2D eigenvalue weighted by atomic mass is 16.5. The minimum absolute atomic E-state index is 0. The summed E-state index contributed by atoms with van der Waals surface area (Å²) in [5.41, 5.74) is 6.49. The summed E-state index contributed by atoms with van der Waals surface area (Å²) in [6.07, 6.45) is 8.38. The molecule has 4 rings (SSSR count). The molecule has 2 aromatic carbocycles. The van der Waals surface area contributed by atoms with Gasteiger partial charge in [0.25, 0.3) is 0 Å². The molecule has 180 valence electrons. The second-order valence-electron chi connectivity index (χ2n) is 7.68. The first-order valence-electron chi connectivity index (χ1n) is 11.4. The van der Waals surface area contributed by atoms with Gasteiger partial charge in [0.2, 0.25) is 0 Å². The Morgan fingerprint density at radius 1 is 0.848 bits per heavy atom. The van der Waals surface area contributed by atoms with Gasteiger partial charge in [-0.1, -0.05) is 75.9 Å². The zero-order valence-electron chi connectivity index (χ0n) is 19.9. The highest BCUT2D eigenvalue weighted by Gasteiger charge is 2.19. The molecule has 0 heterocycles. The van der Waals surface area contributed by atoms with E-state index in [-0.39, 0.29) is 20.0 Å². The summed E-state index contributed by atoms with van der Waals surface area (Å²) in [4.78, 5) is 11.7. The number of aliphatic hydroxyl groups excluding tert-OH is 1. The van der Waals surface area contributed by atoms with E-state index in [1.807, 2.05) is 51.1 Å². The molecule has 0 amide bonds. The Balaban J connectivity index is 0.000000272. The molecule has 4 heteroatoms. The molecule has 0 saturated carbocycles. The van der Waals surface area contributed by atoms with Gasteiger partial charge in [0.1, 0.15) is 0 Å². The van der Waals surface area contributed by atoms with E-state index in [1.54, 1.807) is 0 Å². The molecule has 0 aromatic heterocycles. The van der Waals surface area contributed by atoms with Crippen LogP contribution in [-0.4, -0.2) is 30.9 Å². The van der Waals surface area contributed by atoms with Gasteiger partial charge in [-0.2, -0.15) is 0 Å². The number of carbonyl (C=O) groups is 1. The highest BCUT2D eigenvalue weighted by molar-refractivity contribution is 5.95. The number of esters is 1. The Labute approximate surface area is 200 Å².